The Bertz CT molecular complexity index is 622. The van der Waals surface area contributed by atoms with Gasteiger partial charge in [0.2, 0.25) is 0 Å². The predicted molar refractivity (Wildman–Crippen MR) is 92.7 cm³/mol. The Hall–Kier alpha value is -1.34. The molecule has 24 heavy (non-hydrogen) atoms. The monoisotopic (exact) mass is 345 g/mol. The lowest BCUT2D eigenvalue weighted by Crippen LogP contribution is -2.50. The molecule has 128 valence electrons. The standard InChI is InChI=1S/C18H23N3O2S/c1-2-14(10-19-5-1)12-22-13-15-3-4-16-18(15)23-8-7-21(16)11-17-20-6-9-24-17/h1-2,5-6,9-10,15-16,18H,3-4,7-8,11-13H2/t15-,16+,18+/m0/s1. The number of ether oxygens (including phenoxy) is 2. The van der Waals surface area contributed by atoms with Gasteiger partial charge in [-0.15, -0.1) is 11.3 Å². The first-order valence-electron chi connectivity index (χ1n) is 8.61. The van der Waals surface area contributed by atoms with E-state index < -0.39 is 0 Å². The Morgan fingerprint density at radius 1 is 1.33 bits per heavy atom. The highest BCUT2D eigenvalue weighted by molar-refractivity contribution is 7.09. The van der Waals surface area contributed by atoms with Gasteiger partial charge < -0.3 is 9.47 Å². The molecule has 0 unspecified atom stereocenters. The summed E-state index contributed by atoms with van der Waals surface area (Å²) in [5.41, 5.74) is 1.13. The molecule has 3 heterocycles. The van der Waals surface area contributed by atoms with Gasteiger partial charge >= 0.3 is 0 Å². The molecule has 0 N–H and O–H groups in total. The summed E-state index contributed by atoms with van der Waals surface area (Å²) in [6.45, 7) is 4.16. The minimum absolute atomic E-state index is 0.299. The van der Waals surface area contributed by atoms with Gasteiger partial charge in [0.25, 0.3) is 0 Å². The third kappa shape index (κ3) is 3.67. The van der Waals surface area contributed by atoms with Crippen LogP contribution >= 0.6 is 11.3 Å². The van der Waals surface area contributed by atoms with E-state index in [2.05, 4.69) is 26.3 Å². The molecule has 0 radical (unpaired) electrons. The number of aromatic nitrogens is 2. The van der Waals surface area contributed by atoms with Gasteiger partial charge in [-0.3, -0.25) is 9.88 Å². The SMILES string of the molecule is c1cncc(COC[C@@H]2CC[C@@H]3[C@@H]2OCCN3Cc2nccs2)c1. The second-order valence-electron chi connectivity index (χ2n) is 6.51. The maximum absolute atomic E-state index is 6.12. The molecule has 2 aromatic rings. The smallest absolute Gasteiger partial charge is 0.107 e. The van der Waals surface area contributed by atoms with E-state index in [-0.39, 0.29) is 0 Å². The zero-order valence-electron chi connectivity index (χ0n) is 13.7. The molecule has 2 fully saturated rings. The van der Waals surface area contributed by atoms with Crippen molar-refractivity contribution >= 4 is 11.3 Å². The summed E-state index contributed by atoms with van der Waals surface area (Å²) in [7, 11) is 0. The molecule has 3 atom stereocenters. The van der Waals surface area contributed by atoms with E-state index in [0.29, 0.717) is 24.7 Å². The first-order valence-corrected chi connectivity index (χ1v) is 9.49. The summed E-state index contributed by atoms with van der Waals surface area (Å²) in [5.74, 6) is 0.491. The second kappa shape index (κ2) is 7.70. The molecule has 0 amide bonds. The average molecular weight is 345 g/mol. The molecule has 0 bridgehead atoms. The number of pyridine rings is 1. The van der Waals surface area contributed by atoms with Gasteiger partial charge in [-0.2, -0.15) is 0 Å². The Kier molecular flexibility index (Phi) is 5.18. The van der Waals surface area contributed by atoms with E-state index >= 15 is 0 Å². The fourth-order valence-corrected chi connectivity index (χ4v) is 4.47. The molecule has 4 rings (SSSR count). The van der Waals surface area contributed by atoms with Gasteiger partial charge in [0.15, 0.2) is 0 Å². The highest BCUT2D eigenvalue weighted by Gasteiger charge is 2.42. The summed E-state index contributed by atoms with van der Waals surface area (Å²) < 4.78 is 12.1. The topological polar surface area (TPSA) is 47.5 Å². The fourth-order valence-electron chi connectivity index (χ4n) is 3.83. The third-order valence-corrected chi connectivity index (χ3v) is 5.74. The van der Waals surface area contributed by atoms with Crippen LogP contribution in [0.3, 0.4) is 0 Å². The van der Waals surface area contributed by atoms with Crippen molar-refractivity contribution in [1.82, 2.24) is 14.9 Å². The molecule has 1 aliphatic carbocycles. The van der Waals surface area contributed by atoms with Crippen LogP contribution in [0.15, 0.2) is 36.1 Å². The van der Waals surface area contributed by atoms with E-state index in [1.54, 1.807) is 17.5 Å². The third-order valence-electron chi connectivity index (χ3n) is 4.98. The van der Waals surface area contributed by atoms with Gasteiger partial charge in [0.05, 0.1) is 32.5 Å². The number of morpholine rings is 1. The molecular formula is C18H23N3O2S. The first kappa shape index (κ1) is 16.1. The number of fused-ring (bicyclic) bond motifs is 1. The maximum atomic E-state index is 6.12. The van der Waals surface area contributed by atoms with Gasteiger partial charge in [0.1, 0.15) is 5.01 Å². The minimum atomic E-state index is 0.299. The summed E-state index contributed by atoms with van der Waals surface area (Å²) >= 11 is 1.74. The van der Waals surface area contributed by atoms with Crippen molar-refractivity contribution in [3.8, 4) is 0 Å². The highest BCUT2D eigenvalue weighted by atomic mass is 32.1. The van der Waals surface area contributed by atoms with Crippen molar-refractivity contribution in [3.05, 3.63) is 46.7 Å². The minimum Gasteiger partial charge on any atom is -0.376 e. The zero-order valence-corrected chi connectivity index (χ0v) is 14.5. The van der Waals surface area contributed by atoms with Crippen molar-refractivity contribution in [1.29, 1.82) is 0 Å². The summed E-state index contributed by atoms with van der Waals surface area (Å²) in [6, 6.07) is 4.51. The lowest BCUT2D eigenvalue weighted by Gasteiger charge is -2.38. The lowest BCUT2D eigenvalue weighted by molar-refractivity contribution is -0.0891. The molecule has 2 aromatic heterocycles. The number of rotatable bonds is 6. The molecule has 5 nitrogen and oxygen atoms in total. The van der Waals surface area contributed by atoms with Crippen LogP contribution in [-0.2, 0) is 22.6 Å². The van der Waals surface area contributed by atoms with Crippen LogP contribution in [-0.4, -0.2) is 46.8 Å². The van der Waals surface area contributed by atoms with Gasteiger partial charge in [-0.25, -0.2) is 4.98 Å². The van der Waals surface area contributed by atoms with Crippen LogP contribution in [0.1, 0.15) is 23.4 Å². The molecule has 0 spiro atoms. The molecule has 1 saturated carbocycles. The van der Waals surface area contributed by atoms with Crippen molar-refractivity contribution < 1.29 is 9.47 Å². The zero-order chi connectivity index (χ0) is 16.2. The normalized spacial score (nSPS) is 27.2. The summed E-state index contributed by atoms with van der Waals surface area (Å²) in [6.07, 6.45) is 8.21. The van der Waals surface area contributed by atoms with Crippen LogP contribution < -0.4 is 0 Å². The molecule has 1 saturated heterocycles. The largest absolute Gasteiger partial charge is 0.376 e. The Balaban J connectivity index is 1.31. The predicted octanol–water partition coefficient (Wildman–Crippen LogP) is 2.73. The Morgan fingerprint density at radius 3 is 3.17 bits per heavy atom. The van der Waals surface area contributed by atoms with E-state index in [1.807, 2.05) is 18.5 Å². The maximum Gasteiger partial charge on any atom is 0.107 e. The number of hydrogen-bond donors (Lipinski definition) is 0. The molecular weight excluding hydrogens is 322 g/mol. The first-order chi connectivity index (χ1) is 11.9. The number of thiazole rings is 1. The lowest BCUT2D eigenvalue weighted by atomic mass is 10.0. The van der Waals surface area contributed by atoms with Crippen molar-refractivity contribution in [2.24, 2.45) is 5.92 Å². The van der Waals surface area contributed by atoms with Crippen LogP contribution in [0, 0.1) is 5.92 Å². The highest BCUT2D eigenvalue weighted by Crippen LogP contribution is 2.35. The fraction of sp³-hybridized carbons (Fsp3) is 0.556. The number of hydrogen-bond acceptors (Lipinski definition) is 6. The molecule has 0 aromatic carbocycles. The van der Waals surface area contributed by atoms with Crippen LogP contribution in [0.2, 0.25) is 0 Å². The molecule has 2 aliphatic rings. The van der Waals surface area contributed by atoms with E-state index in [4.69, 9.17) is 9.47 Å². The summed E-state index contributed by atoms with van der Waals surface area (Å²) in [5, 5.41) is 3.25. The van der Waals surface area contributed by atoms with Crippen molar-refractivity contribution in [2.45, 2.75) is 38.1 Å². The van der Waals surface area contributed by atoms with Gasteiger partial charge in [-0.05, 0) is 24.5 Å². The van der Waals surface area contributed by atoms with Crippen LogP contribution in [0.25, 0.3) is 0 Å². The van der Waals surface area contributed by atoms with Gasteiger partial charge in [-0.1, -0.05) is 6.07 Å². The van der Waals surface area contributed by atoms with Gasteiger partial charge in [0, 0.05) is 42.5 Å². The summed E-state index contributed by atoms with van der Waals surface area (Å²) in [4.78, 5) is 11.1. The van der Waals surface area contributed by atoms with Crippen LogP contribution in [0.4, 0.5) is 0 Å². The van der Waals surface area contributed by atoms with E-state index in [9.17, 15) is 0 Å². The van der Waals surface area contributed by atoms with Crippen LogP contribution in [0.5, 0.6) is 0 Å². The quantitative estimate of drug-likeness (QED) is 0.806. The number of nitrogens with zero attached hydrogens (tertiary/aromatic N) is 3. The van der Waals surface area contributed by atoms with E-state index in [1.165, 1.54) is 17.8 Å². The van der Waals surface area contributed by atoms with Crippen molar-refractivity contribution in [2.75, 3.05) is 19.8 Å². The Morgan fingerprint density at radius 2 is 2.33 bits per heavy atom. The Labute approximate surface area is 146 Å². The molecule has 6 heteroatoms. The van der Waals surface area contributed by atoms with Crippen molar-refractivity contribution in [3.63, 3.8) is 0 Å². The van der Waals surface area contributed by atoms with E-state index in [0.717, 1.165) is 31.9 Å². The second-order valence-corrected chi connectivity index (χ2v) is 7.49. The molecule has 1 aliphatic heterocycles. The average Bonchev–Trinajstić information content (AvgIpc) is 3.27.